The number of rotatable bonds is 7. The number of thioether (sulfide) groups is 1. The first-order valence-corrected chi connectivity index (χ1v) is 11.4. The summed E-state index contributed by atoms with van der Waals surface area (Å²) in [6.45, 7) is 4.21. The second kappa shape index (κ2) is 8.99. The van der Waals surface area contributed by atoms with Gasteiger partial charge in [-0.05, 0) is 48.5 Å². The summed E-state index contributed by atoms with van der Waals surface area (Å²) in [7, 11) is -0.589. The minimum Gasteiger partial charge on any atom is -0.403 e. The lowest BCUT2D eigenvalue weighted by atomic mass is 10.2. The van der Waals surface area contributed by atoms with Crippen molar-refractivity contribution in [3.05, 3.63) is 54.1 Å². The van der Waals surface area contributed by atoms with Gasteiger partial charge in [-0.2, -0.15) is 0 Å². The molecule has 0 saturated heterocycles. The second-order valence-corrected chi connectivity index (χ2v) is 10.7. The van der Waals surface area contributed by atoms with Crippen molar-refractivity contribution < 1.29 is 17.6 Å². The molecule has 3 rings (SSSR count). The van der Waals surface area contributed by atoms with E-state index in [4.69, 9.17) is 4.42 Å². The highest BCUT2D eigenvalue weighted by Gasteiger charge is 2.18. The summed E-state index contributed by atoms with van der Waals surface area (Å²) in [5.74, 6) is -0.193. The lowest BCUT2D eigenvalue weighted by Crippen LogP contribution is -2.22. The summed E-state index contributed by atoms with van der Waals surface area (Å²) in [5.41, 5.74) is 1.01. The summed E-state index contributed by atoms with van der Waals surface area (Å²) in [5, 5.41) is 10.8. The summed E-state index contributed by atoms with van der Waals surface area (Å²) in [4.78, 5) is 13.6. The topological polar surface area (TPSA) is 105 Å². The Hall–Kier alpha value is -2.69. The molecule has 8 nitrogen and oxygen atoms in total. The van der Waals surface area contributed by atoms with Gasteiger partial charge < -0.3 is 4.42 Å². The number of sulfonamides is 1. The van der Waals surface area contributed by atoms with Crippen LogP contribution in [-0.4, -0.2) is 48.2 Å². The maximum Gasteiger partial charge on any atom is 0.322 e. The summed E-state index contributed by atoms with van der Waals surface area (Å²) >= 11 is 1.71. The number of amides is 1. The standard InChI is InChI=1S/C20H22N4O4S2/c1-13(2)29-16-9-5-14(6-10-16)18(25)21-20-23-22-19(28-20)15-7-11-17(12-8-15)30(26,27)24(3)4/h5-13H,1-4H3,(H,21,23,25). The molecule has 10 heteroatoms. The number of hydrogen-bond donors (Lipinski definition) is 1. The van der Waals surface area contributed by atoms with Crippen LogP contribution in [0.15, 0.2) is 62.7 Å². The molecule has 0 aliphatic heterocycles. The van der Waals surface area contributed by atoms with Crippen molar-refractivity contribution in [2.75, 3.05) is 19.4 Å². The SMILES string of the molecule is CC(C)Sc1ccc(C(=O)Nc2nnc(-c3ccc(S(=O)(=O)N(C)C)cc3)o2)cc1. The predicted molar refractivity (Wildman–Crippen MR) is 116 cm³/mol. The quantitative estimate of drug-likeness (QED) is 0.551. The predicted octanol–water partition coefficient (Wildman–Crippen LogP) is 3.74. The van der Waals surface area contributed by atoms with E-state index in [1.165, 1.54) is 26.2 Å². The van der Waals surface area contributed by atoms with Gasteiger partial charge in [-0.3, -0.25) is 10.1 Å². The molecule has 1 amide bonds. The average molecular weight is 447 g/mol. The summed E-state index contributed by atoms with van der Waals surface area (Å²) in [6.07, 6.45) is 0. The maximum absolute atomic E-state index is 12.4. The molecule has 30 heavy (non-hydrogen) atoms. The molecule has 2 aromatic carbocycles. The Morgan fingerprint density at radius 3 is 2.23 bits per heavy atom. The molecule has 1 N–H and O–H groups in total. The largest absolute Gasteiger partial charge is 0.403 e. The minimum absolute atomic E-state index is 0.0411. The second-order valence-electron chi connectivity index (χ2n) is 6.87. The lowest BCUT2D eigenvalue weighted by Gasteiger charge is -2.11. The van der Waals surface area contributed by atoms with E-state index < -0.39 is 10.0 Å². The van der Waals surface area contributed by atoms with Crippen LogP contribution in [0.1, 0.15) is 24.2 Å². The fraction of sp³-hybridized carbons (Fsp3) is 0.250. The molecule has 0 aliphatic carbocycles. The van der Waals surface area contributed by atoms with Crippen molar-refractivity contribution >= 4 is 33.7 Å². The van der Waals surface area contributed by atoms with E-state index in [-0.39, 0.29) is 22.7 Å². The molecule has 1 heterocycles. The smallest absolute Gasteiger partial charge is 0.322 e. The number of carbonyl (C=O) groups is 1. The van der Waals surface area contributed by atoms with Gasteiger partial charge in [0.25, 0.3) is 5.91 Å². The molecular weight excluding hydrogens is 424 g/mol. The summed E-state index contributed by atoms with van der Waals surface area (Å²) in [6, 6.07) is 13.3. The number of anilines is 1. The highest BCUT2D eigenvalue weighted by atomic mass is 32.2. The lowest BCUT2D eigenvalue weighted by molar-refractivity contribution is 0.102. The van der Waals surface area contributed by atoms with Gasteiger partial charge in [0.05, 0.1) is 4.90 Å². The van der Waals surface area contributed by atoms with E-state index in [0.29, 0.717) is 16.4 Å². The third kappa shape index (κ3) is 5.07. The van der Waals surface area contributed by atoms with E-state index >= 15 is 0 Å². The molecule has 0 spiro atoms. The summed E-state index contributed by atoms with van der Waals surface area (Å²) < 4.78 is 30.9. The Labute approximate surface area is 179 Å². The van der Waals surface area contributed by atoms with E-state index in [1.54, 1.807) is 36.0 Å². The third-order valence-electron chi connectivity index (χ3n) is 4.01. The van der Waals surface area contributed by atoms with Gasteiger partial charge in [-0.1, -0.05) is 18.9 Å². The molecule has 1 aromatic heterocycles. The zero-order chi connectivity index (χ0) is 21.9. The molecule has 0 aliphatic rings. The van der Waals surface area contributed by atoms with Crippen molar-refractivity contribution in [3.63, 3.8) is 0 Å². The van der Waals surface area contributed by atoms with E-state index in [1.807, 2.05) is 12.1 Å². The van der Waals surface area contributed by atoms with E-state index in [2.05, 4.69) is 29.4 Å². The highest BCUT2D eigenvalue weighted by molar-refractivity contribution is 7.99. The van der Waals surface area contributed by atoms with Gasteiger partial charge in [0.2, 0.25) is 15.9 Å². The third-order valence-corrected chi connectivity index (χ3v) is 6.86. The molecular formula is C20H22N4O4S2. The normalized spacial score (nSPS) is 11.8. The first-order valence-electron chi connectivity index (χ1n) is 9.11. The first-order chi connectivity index (χ1) is 14.2. The van der Waals surface area contributed by atoms with Gasteiger partial charge in [0.1, 0.15) is 0 Å². The Kier molecular flexibility index (Phi) is 6.59. The monoisotopic (exact) mass is 446 g/mol. The van der Waals surface area contributed by atoms with Crippen molar-refractivity contribution in [2.45, 2.75) is 28.9 Å². The fourth-order valence-corrected chi connectivity index (χ4v) is 4.24. The molecule has 158 valence electrons. The zero-order valence-corrected chi connectivity index (χ0v) is 18.6. The Balaban J connectivity index is 1.70. The number of aromatic nitrogens is 2. The van der Waals surface area contributed by atoms with Crippen LogP contribution < -0.4 is 5.32 Å². The first kappa shape index (κ1) is 22.0. The van der Waals surface area contributed by atoms with Crippen LogP contribution in [0.4, 0.5) is 6.01 Å². The molecule has 0 bridgehead atoms. The molecule has 3 aromatic rings. The molecule has 0 unspecified atom stereocenters. The Bertz CT molecular complexity index is 1120. The van der Waals surface area contributed by atoms with Crippen LogP contribution in [-0.2, 0) is 10.0 Å². The van der Waals surface area contributed by atoms with Crippen molar-refractivity contribution in [3.8, 4) is 11.5 Å². The molecule has 0 atom stereocenters. The Morgan fingerprint density at radius 2 is 1.67 bits per heavy atom. The van der Waals surface area contributed by atoms with Crippen molar-refractivity contribution in [1.82, 2.24) is 14.5 Å². The van der Waals surface area contributed by atoms with E-state index in [9.17, 15) is 13.2 Å². The number of hydrogen-bond acceptors (Lipinski definition) is 7. The number of carbonyl (C=O) groups excluding carboxylic acids is 1. The number of nitrogens with zero attached hydrogens (tertiary/aromatic N) is 3. The van der Waals surface area contributed by atoms with Gasteiger partial charge >= 0.3 is 6.01 Å². The van der Waals surface area contributed by atoms with Crippen LogP contribution in [0.3, 0.4) is 0 Å². The Morgan fingerprint density at radius 1 is 1.03 bits per heavy atom. The van der Waals surface area contributed by atoms with Crippen molar-refractivity contribution in [2.24, 2.45) is 0 Å². The number of benzene rings is 2. The zero-order valence-electron chi connectivity index (χ0n) is 17.0. The van der Waals surface area contributed by atoms with Crippen LogP contribution in [0.25, 0.3) is 11.5 Å². The minimum atomic E-state index is -3.52. The van der Waals surface area contributed by atoms with E-state index in [0.717, 1.165) is 9.20 Å². The number of nitrogens with one attached hydrogen (secondary N) is 1. The van der Waals surface area contributed by atoms with Gasteiger partial charge in [0, 0.05) is 35.4 Å². The highest BCUT2D eigenvalue weighted by Crippen LogP contribution is 2.24. The molecule has 0 radical (unpaired) electrons. The van der Waals surface area contributed by atoms with Crippen LogP contribution in [0.5, 0.6) is 0 Å². The van der Waals surface area contributed by atoms with Crippen LogP contribution in [0, 0.1) is 0 Å². The van der Waals surface area contributed by atoms with Gasteiger partial charge in [-0.15, -0.1) is 16.9 Å². The molecule has 0 fully saturated rings. The van der Waals surface area contributed by atoms with Crippen LogP contribution >= 0.6 is 11.8 Å². The van der Waals surface area contributed by atoms with Crippen molar-refractivity contribution in [1.29, 1.82) is 0 Å². The fourth-order valence-electron chi connectivity index (χ4n) is 2.50. The molecule has 0 saturated carbocycles. The van der Waals surface area contributed by atoms with Gasteiger partial charge in [-0.25, -0.2) is 12.7 Å². The maximum atomic E-state index is 12.4. The average Bonchev–Trinajstić information content (AvgIpc) is 3.16. The van der Waals surface area contributed by atoms with Crippen LogP contribution in [0.2, 0.25) is 0 Å². The van der Waals surface area contributed by atoms with Gasteiger partial charge in [0.15, 0.2) is 0 Å².